The standard InChI is InChI=1S/C17H21N3O2/c1-3-20-16(21)14-9-5-4-8-13(14)15(18-20)17(22)19-10-6-7-12(2)11-19/h4-5,8-9,12H,3,6-7,10-11H2,1-2H3. The van der Waals surface area contributed by atoms with Crippen molar-refractivity contribution in [2.45, 2.75) is 33.2 Å². The highest BCUT2D eigenvalue weighted by Gasteiger charge is 2.25. The Bertz CT molecular complexity index is 766. The van der Waals surface area contributed by atoms with Crippen LogP contribution in [0.4, 0.5) is 0 Å². The Morgan fingerprint density at radius 3 is 2.73 bits per heavy atom. The van der Waals surface area contributed by atoms with Gasteiger partial charge in [0.2, 0.25) is 0 Å². The largest absolute Gasteiger partial charge is 0.337 e. The van der Waals surface area contributed by atoms with Crippen molar-refractivity contribution in [3.05, 3.63) is 40.3 Å². The third-order valence-corrected chi connectivity index (χ3v) is 4.31. The third-order valence-electron chi connectivity index (χ3n) is 4.31. The molecule has 3 rings (SSSR count). The number of rotatable bonds is 2. The second-order valence-electron chi connectivity index (χ2n) is 6.01. The fourth-order valence-electron chi connectivity index (χ4n) is 3.13. The molecular weight excluding hydrogens is 278 g/mol. The first kappa shape index (κ1) is 14.8. The van der Waals surface area contributed by atoms with Gasteiger partial charge in [0.05, 0.1) is 5.39 Å². The fourth-order valence-corrected chi connectivity index (χ4v) is 3.13. The van der Waals surface area contributed by atoms with Gasteiger partial charge in [-0.15, -0.1) is 0 Å². The van der Waals surface area contributed by atoms with Crippen molar-refractivity contribution in [3.8, 4) is 0 Å². The second kappa shape index (κ2) is 5.91. The molecule has 2 aromatic rings. The number of benzene rings is 1. The molecule has 0 spiro atoms. The summed E-state index contributed by atoms with van der Waals surface area (Å²) in [6.07, 6.45) is 2.19. The maximum absolute atomic E-state index is 12.9. The number of carbonyl (C=O) groups is 1. The Balaban J connectivity index is 2.11. The molecule has 0 bridgehead atoms. The molecule has 1 unspecified atom stereocenters. The van der Waals surface area contributed by atoms with E-state index in [0.717, 1.165) is 25.9 Å². The van der Waals surface area contributed by atoms with Gasteiger partial charge in [0.15, 0.2) is 5.69 Å². The van der Waals surface area contributed by atoms with Crippen LogP contribution in [0.1, 0.15) is 37.2 Å². The molecule has 0 N–H and O–H groups in total. The van der Waals surface area contributed by atoms with Crippen LogP contribution in [0.2, 0.25) is 0 Å². The van der Waals surface area contributed by atoms with Crippen LogP contribution in [0.15, 0.2) is 29.1 Å². The Labute approximate surface area is 129 Å². The predicted octanol–water partition coefficient (Wildman–Crippen LogP) is 2.29. The molecule has 116 valence electrons. The van der Waals surface area contributed by atoms with Crippen LogP contribution in [0.3, 0.4) is 0 Å². The Morgan fingerprint density at radius 2 is 2.05 bits per heavy atom. The molecule has 1 aliphatic rings. The summed E-state index contributed by atoms with van der Waals surface area (Å²) in [6.45, 7) is 6.02. The number of hydrogen-bond acceptors (Lipinski definition) is 3. The Hall–Kier alpha value is -2.17. The van der Waals surface area contributed by atoms with E-state index in [0.29, 0.717) is 28.9 Å². The highest BCUT2D eigenvalue weighted by molar-refractivity contribution is 6.04. The summed E-state index contributed by atoms with van der Waals surface area (Å²) in [6, 6.07) is 7.24. The predicted molar refractivity (Wildman–Crippen MR) is 86.0 cm³/mol. The lowest BCUT2D eigenvalue weighted by Crippen LogP contribution is -2.40. The van der Waals surface area contributed by atoms with Crippen LogP contribution in [0.25, 0.3) is 10.8 Å². The first-order chi connectivity index (χ1) is 10.6. The number of fused-ring (bicyclic) bond motifs is 1. The zero-order valence-corrected chi connectivity index (χ0v) is 13.1. The SMILES string of the molecule is CCn1nc(C(=O)N2CCCC(C)C2)c2ccccc2c1=O. The van der Waals surface area contributed by atoms with Gasteiger partial charge < -0.3 is 4.90 Å². The normalized spacial score (nSPS) is 18.6. The first-order valence-corrected chi connectivity index (χ1v) is 7.91. The van der Waals surface area contributed by atoms with Crippen molar-refractivity contribution in [2.24, 2.45) is 5.92 Å². The summed E-state index contributed by atoms with van der Waals surface area (Å²) >= 11 is 0. The van der Waals surface area contributed by atoms with E-state index in [1.807, 2.05) is 30.0 Å². The van der Waals surface area contributed by atoms with Gasteiger partial charge in [0, 0.05) is 25.0 Å². The summed E-state index contributed by atoms with van der Waals surface area (Å²) in [5.74, 6) is 0.450. The number of aromatic nitrogens is 2. The molecule has 0 aliphatic carbocycles. The number of nitrogens with zero attached hydrogens (tertiary/aromatic N) is 3. The number of piperidine rings is 1. The Kier molecular flexibility index (Phi) is 3.96. The maximum atomic E-state index is 12.9. The average molecular weight is 299 g/mol. The van der Waals surface area contributed by atoms with Gasteiger partial charge in [-0.2, -0.15) is 5.10 Å². The molecule has 0 radical (unpaired) electrons. The van der Waals surface area contributed by atoms with Crippen molar-refractivity contribution in [3.63, 3.8) is 0 Å². The molecule has 1 atom stereocenters. The van der Waals surface area contributed by atoms with Crippen LogP contribution < -0.4 is 5.56 Å². The van der Waals surface area contributed by atoms with Gasteiger partial charge in [0.1, 0.15) is 0 Å². The summed E-state index contributed by atoms with van der Waals surface area (Å²) in [7, 11) is 0. The topological polar surface area (TPSA) is 55.2 Å². The molecule has 5 heteroatoms. The number of amides is 1. The van der Waals surface area contributed by atoms with E-state index in [9.17, 15) is 9.59 Å². The van der Waals surface area contributed by atoms with Gasteiger partial charge in [-0.05, 0) is 31.7 Å². The molecule has 1 aromatic carbocycles. The molecule has 2 heterocycles. The summed E-state index contributed by atoms with van der Waals surface area (Å²) in [4.78, 5) is 27.1. The highest BCUT2D eigenvalue weighted by Crippen LogP contribution is 2.20. The lowest BCUT2D eigenvalue weighted by atomic mass is 9.99. The minimum Gasteiger partial charge on any atom is -0.337 e. The van der Waals surface area contributed by atoms with Gasteiger partial charge in [-0.1, -0.05) is 25.1 Å². The van der Waals surface area contributed by atoms with Crippen molar-refractivity contribution >= 4 is 16.7 Å². The molecule has 1 aromatic heterocycles. The van der Waals surface area contributed by atoms with E-state index in [1.54, 1.807) is 6.07 Å². The quantitative estimate of drug-likeness (QED) is 0.855. The van der Waals surface area contributed by atoms with E-state index < -0.39 is 0 Å². The lowest BCUT2D eigenvalue weighted by Gasteiger charge is -2.30. The molecule has 1 saturated heterocycles. The van der Waals surface area contributed by atoms with E-state index in [2.05, 4.69) is 12.0 Å². The molecule has 1 aliphatic heterocycles. The number of likely N-dealkylation sites (tertiary alicyclic amines) is 1. The minimum atomic E-state index is -0.137. The van der Waals surface area contributed by atoms with E-state index in [4.69, 9.17) is 0 Å². The summed E-state index contributed by atoms with van der Waals surface area (Å²) in [5.41, 5.74) is 0.257. The molecule has 22 heavy (non-hydrogen) atoms. The average Bonchev–Trinajstić information content (AvgIpc) is 2.55. The van der Waals surface area contributed by atoms with Crippen molar-refractivity contribution in [2.75, 3.05) is 13.1 Å². The highest BCUT2D eigenvalue weighted by atomic mass is 16.2. The minimum absolute atomic E-state index is 0.0649. The second-order valence-corrected chi connectivity index (χ2v) is 6.01. The fraction of sp³-hybridized carbons (Fsp3) is 0.471. The maximum Gasteiger partial charge on any atom is 0.274 e. The lowest BCUT2D eigenvalue weighted by molar-refractivity contribution is 0.0676. The molecular formula is C17H21N3O2. The molecule has 1 fully saturated rings. The van der Waals surface area contributed by atoms with Crippen molar-refractivity contribution < 1.29 is 4.79 Å². The Morgan fingerprint density at radius 1 is 1.32 bits per heavy atom. The van der Waals surface area contributed by atoms with E-state index >= 15 is 0 Å². The van der Waals surface area contributed by atoms with Gasteiger partial charge >= 0.3 is 0 Å². The van der Waals surface area contributed by atoms with Gasteiger partial charge in [-0.3, -0.25) is 9.59 Å². The van der Waals surface area contributed by atoms with Gasteiger partial charge in [-0.25, -0.2) is 4.68 Å². The smallest absolute Gasteiger partial charge is 0.274 e. The van der Waals surface area contributed by atoms with E-state index in [1.165, 1.54) is 4.68 Å². The van der Waals surface area contributed by atoms with Crippen LogP contribution in [-0.2, 0) is 6.54 Å². The van der Waals surface area contributed by atoms with Crippen LogP contribution in [0, 0.1) is 5.92 Å². The number of hydrogen-bond donors (Lipinski definition) is 0. The van der Waals surface area contributed by atoms with Crippen LogP contribution >= 0.6 is 0 Å². The zero-order chi connectivity index (χ0) is 15.7. The molecule has 0 saturated carbocycles. The van der Waals surface area contributed by atoms with Crippen LogP contribution in [0.5, 0.6) is 0 Å². The monoisotopic (exact) mass is 299 g/mol. The van der Waals surface area contributed by atoms with Gasteiger partial charge in [0.25, 0.3) is 11.5 Å². The van der Waals surface area contributed by atoms with Crippen molar-refractivity contribution in [1.82, 2.24) is 14.7 Å². The zero-order valence-electron chi connectivity index (χ0n) is 13.1. The van der Waals surface area contributed by atoms with Crippen LogP contribution in [-0.4, -0.2) is 33.7 Å². The summed E-state index contributed by atoms with van der Waals surface area (Å²) < 4.78 is 1.38. The number of carbonyl (C=O) groups excluding carboxylic acids is 1. The first-order valence-electron chi connectivity index (χ1n) is 7.91. The summed E-state index contributed by atoms with van der Waals surface area (Å²) in [5, 5.41) is 5.55. The van der Waals surface area contributed by atoms with Crippen molar-refractivity contribution in [1.29, 1.82) is 0 Å². The number of aryl methyl sites for hydroxylation is 1. The molecule has 1 amide bonds. The van der Waals surface area contributed by atoms with E-state index in [-0.39, 0.29) is 11.5 Å². The third kappa shape index (κ3) is 2.51. The molecule has 5 nitrogen and oxygen atoms in total.